The third-order valence-corrected chi connectivity index (χ3v) is 10.7. The highest BCUT2D eigenvalue weighted by Gasteiger charge is 2.51. The highest BCUT2D eigenvalue weighted by atomic mass is 28.4. The van der Waals surface area contributed by atoms with Crippen LogP contribution in [0.15, 0.2) is 18.2 Å². The molecule has 0 aromatic heterocycles. The van der Waals surface area contributed by atoms with E-state index in [0.717, 1.165) is 38.5 Å². The molecule has 0 N–H and O–H groups in total. The van der Waals surface area contributed by atoms with Gasteiger partial charge in [0, 0.05) is 23.5 Å². The van der Waals surface area contributed by atoms with Crippen LogP contribution < -0.4 is 5.19 Å². The summed E-state index contributed by atoms with van der Waals surface area (Å²) in [5.41, 5.74) is 2.56. The topological polar surface area (TPSA) is 27.7 Å². The van der Waals surface area contributed by atoms with Gasteiger partial charge in [-0.25, -0.2) is 0 Å². The summed E-state index contributed by atoms with van der Waals surface area (Å²) in [5, 5.41) is 1.27. The van der Waals surface area contributed by atoms with Gasteiger partial charge in [0.1, 0.15) is 0 Å². The average molecular weight is 431 g/mol. The van der Waals surface area contributed by atoms with Crippen LogP contribution in [0.5, 0.6) is 0 Å². The van der Waals surface area contributed by atoms with Gasteiger partial charge >= 0.3 is 8.80 Å². The molecule has 0 spiro atoms. The lowest BCUT2D eigenvalue weighted by Crippen LogP contribution is -2.63. The van der Waals surface area contributed by atoms with E-state index in [1.165, 1.54) is 74.1 Å². The molecule has 0 atom stereocenters. The van der Waals surface area contributed by atoms with Crippen molar-refractivity contribution in [2.75, 3.05) is 0 Å². The molecule has 3 aliphatic carbocycles. The van der Waals surface area contributed by atoms with E-state index in [4.69, 9.17) is 13.3 Å². The highest BCUT2D eigenvalue weighted by Crippen LogP contribution is 2.33. The van der Waals surface area contributed by atoms with Crippen molar-refractivity contribution in [3.05, 3.63) is 29.3 Å². The summed E-state index contributed by atoms with van der Waals surface area (Å²) in [6.07, 6.45) is 19.4. The van der Waals surface area contributed by atoms with E-state index in [2.05, 4.69) is 32.0 Å². The smallest absolute Gasteiger partial charge is 0.367 e. The van der Waals surface area contributed by atoms with Crippen LogP contribution in [-0.2, 0) is 13.3 Å². The Hall–Kier alpha value is -0.683. The van der Waals surface area contributed by atoms with Crippen LogP contribution >= 0.6 is 0 Å². The Kier molecular flexibility index (Phi) is 8.07. The maximum atomic E-state index is 7.13. The third kappa shape index (κ3) is 5.56. The summed E-state index contributed by atoms with van der Waals surface area (Å²) in [7, 11) is -3.02. The Morgan fingerprint density at radius 1 is 0.567 bits per heavy atom. The average Bonchev–Trinajstić information content (AvgIpc) is 2.76. The lowest BCUT2D eigenvalue weighted by molar-refractivity contribution is -0.0309. The Morgan fingerprint density at radius 2 is 0.900 bits per heavy atom. The van der Waals surface area contributed by atoms with Gasteiger partial charge < -0.3 is 13.3 Å². The van der Waals surface area contributed by atoms with Gasteiger partial charge in [-0.2, -0.15) is 0 Å². The monoisotopic (exact) mass is 430 g/mol. The molecule has 0 heterocycles. The van der Waals surface area contributed by atoms with Gasteiger partial charge in [-0.3, -0.25) is 0 Å². The second-order valence-electron chi connectivity index (χ2n) is 9.96. The van der Waals surface area contributed by atoms with Crippen LogP contribution in [-0.4, -0.2) is 27.1 Å². The summed E-state index contributed by atoms with van der Waals surface area (Å²) in [6, 6.07) is 6.61. The summed E-state index contributed by atoms with van der Waals surface area (Å²) in [4.78, 5) is 0. The molecule has 3 nitrogen and oxygen atoms in total. The summed E-state index contributed by atoms with van der Waals surface area (Å²) in [5.74, 6) is 0. The number of rotatable bonds is 7. The van der Waals surface area contributed by atoms with Crippen molar-refractivity contribution in [3.63, 3.8) is 0 Å². The van der Waals surface area contributed by atoms with Crippen LogP contribution in [0.25, 0.3) is 0 Å². The van der Waals surface area contributed by atoms with Crippen molar-refractivity contribution in [2.24, 2.45) is 0 Å². The Bertz CT molecular complexity index is 588. The predicted octanol–water partition coefficient (Wildman–Crippen LogP) is 6.50. The number of aryl methyl sites for hydroxylation is 2. The van der Waals surface area contributed by atoms with E-state index in [1.807, 2.05) is 0 Å². The number of benzene rings is 1. The normalized spacial score (nSPS) is 23.0. The molecule has 1 aromatic rings. The largest absolute Gasteiger partial charge is 0.538 e. The molecule has 0 radical (unpaired) electrons. The fraction of sp³-hybridized carbons (Fsp3) is 0.769. The minimum atomic E-state index is -3.02. The molecule has 0 bridgehead atoms. The van der Waals surface area contributed by atoms with Crippen molar-refractivity contribution in [1.82, 2.24) is 0 Å². The zero-order chi connectivity index (χ0) is 20.8. The van der Waals surface area contributed by atoms with Gasteiger partial charge in [-0.1, -0.05) is 76.0 Å². The SMILES string of the molecule is Cc1cccc(C)c1[Si](OC1CCCCC1)(OC1CCCCC1)OC1CCCCC1. The molecule has 4 heteroatoms. The molecule has 0 unspecified atom stereocenters. The number of hydrogen-bond donors (Lipinski definition) is 0. The van der Waals surface area contributed by atoms with Crippen molar-refractivity contribution in [2.45, 2.75) is 128 Å². The first-order valence-electron chi connectivity index (χ1n) is 12.8. The Balaban J connectivity index is 1.70. The first-order valence-corrected chi connectivity index (χ1v) is 14.5. The van der Waals surface area contributed by atoms with Crippen molar-refractivity contribution >= 4 is 14.0 Å². The van der Waals surface area contributed by atoms with Gasteiger partial charge in [0.15, 0.2) is 0 Å². The molecule has 4 rings (SSSR count). The molecule has 0 saturated heterocycles. The third-order valence-electron chi connectivity index (χ3n) is 7.41. The second kappa shape index (κ2) is 10.8. The van der Waals surface area contributed by atoms with E-state index in [-0.39, 0.29) is 18.3 Å². The summed E-state index contributed by atoms with van der Waals surface area (Å²) >= 11 is 0. The zero-order valence-corrected chi connectivity index (χ0v) is 20.3. The predicted molar refractivity (Wildman–Crippen MR) is 125 cm³/mol. The van der Waals surface area contributed by atoms with Crippen LogP contribution in [0, 0.1) is 13.8 Å². The maximum absolute atomic E-state index is 7.13. The van der Waals surface area contributed by atoms with Crippen LogP contribution in [0.4, 0.5) is 0 Å². The quantitative estimate of drug-likeness (QED) is 0.462. The van der Waals surface area contributed by atoms with Crippen molar-refractivity contribution < 1.29 is 13.3 Å². The standard InChI is InChI=1S/C26H42O3Si/c1-21-13-12-14-22(2)26(21)30(27-23-15-6-3-7-16-23,28-24-17-8-4-9-18-24)29-25-19-10-5-11-20-25/h12-14,23-25H,3-11,15-20H2,1-2H3. The number of hydrogen-bond acceptors (Lipinski definition) is 3. The molecule has 1 aromatic carbocycles. The summed E-state index contributed by atoms with van der Waals surface area (Å²) < 4.78 is 21.4. The van der Waals surface area contributed by atoms with Gasteiger partial charge in [0.25, 0.3) is 0 Å². The first kappa shape index (κ1) is 22.5. The molecule has 3 fully saturated rings. The van der Waals surface area contributed by atoms with E-state index >= 15 is 0 Å². The molecule has 30 heavy (non-hydrogen) atoms. The zero-order valence-electron chi connectivity index (χ0n) is 19.3. The molecule has 3 saturated carbocycles. The van der Waals surface area contributed by atoms with E-state index in [9.17, 15) is 0 Å². The molecular formula is C26H42O3Si. The van der Waals surface area contributed by atoms with Gasteiger partial charge in [-0.05, 0) is 63.5 Å². The molecule has 0 amide bonds. The van der Waals surface area contributed by atoms with Crippen LogP contribution in [0.3, 0.4) is 0 Å². The fourth-order valence-electron chi connectivity index (χ4n) is 5.76. The lowest BCUT2D eigenvalue weighted by Gasteiger charge is -2.42. The summed E-state index contributed by atoms with van der Waals surface area (Å²) in [6.45, 7) is 4.45. The minimum Gasteiger partial charge on any atom is -0.367 e. The minimum absolute atomic E-state index is 0.289. The van der Waals surface area contributed by atoms with Crippen molar-refractivity contribution in [3.8, 4) is 0 Å². The molecule has 0 aliphatic heterocycles. The van der Waals surface area contributed by atoms with Crippen LogP contribution in [0.2, 0.25) is 0 Å². The van der Waals surface area contributed by atoms with E-state index in [0.29, 0.717) is 0 Å². The molecular weight excluding hydrogens is 388 g/mol. The second-order valence-corrected chi connectivity index (χ2v) is 12.3. The lowest BCUT2D eigenvalue weighted by atomic mass is 9.98. The van der Waals surface area contributed by atoms with Crippen LogP contribution in [0.1, 0.15) is 107 Å². The van der Waals surface area contributed by atoms with E-state index < -0.39 is 8.80 Å². The maximum Gasteiger partial charge on any atom is 0.538 e. The highest BCUT2D eigenvalue weighted by molar-refractivity contribution is 6.76. The van der Waals surface area contributed by atoms with Gasteiger partial charge in [0.2, 0.25) is 0 Å². The van der Waals surface area contributed by atoms with Gasteiger partial charge in [-0.15, -0.1) is 0 Å². The molecule has 168 valence electrons. The Morgan fingerprint density at radius 3 is 1.23 bits per heavy atom. The first-order chi connectivity index (χ1) is 14.7. The fourth-order valence-corrected chi connectivity index (χ4v) is 9.44. The van der Waals surface area contributed by atoms with E-state index in [1.54, 1.807) is 0 Å². The molecule has 3 aliphatic rings. The van der Waals surface area contributed by atoms with Crippen molar-refractivity contribution in [1.29, 1.82) is 0 Å². The Labute approximate surface area is 185 Å². The van der Waals surface area contributed by atoms with Gasteiger partial charge in [0.05, 0.1) is 0 Å².